The summed E-state index contributed by atoms with van der Waals surface area (Å²) < 4.78 is 65.0. The first-order valence-corrected chi connectivity index (χ1v) is 64.4. The van der Waals surface area contributed by atoms with Crippen LogP contribution >= 0.6 is 0 Å². The number of benzene rings is 4. The minimum absolute atomic E-state index is 0.582. The van der Waals surface area contributed by atoms with Gasteiger partial charge in [0.15, 0.2) is 40.3 Å². The summed E-state index contributed by atoms with van der Waals surface area (Å²) in [4.78, 5) is 0. The van der Waals surface area contributed by atoms with E-state index in [9.17, 15) is 0 Å². The monoisotopic (exact) mass is 2020 g/mol. The van der Waals surface area contributed by atoms with Crippen LogP contribution in [0.1, 0.15) is 646 Å². The van der Waals surface area contributed by atoms with Crippen LogP contribution in [0, 0.1) is 0 Å². The molecule has 12 heteroatoms. The summed E-state index contributed by atoms with van der Waals surface area (Å²) in [7, 11) is 0. The molecule has 1 aliphatic heterocycles. The zero-order chi connectivity index (χ0) is 103. The molecule has 4 aromatic rings. The minimum atomic E-state index is 0.582. The summed E-state index contributed by atoms with van der Waals surface area (Å²) in [5.41, 5.74) is 5.58. The van der Waals surface area contributed by atoms with E-state index in [1.54, 1.807) is 0 Å². The number of hydrogen-bond donors (Lipinski definition) is 1. The number of hydrogen-bond acceptors (Lipinski definition) is 12. The fourth-order valence-electron chi connectivity index (χ4n) is 20.8. The van der Waals surface area contributed by atoms with E-state index in [0.29, 0.717) is 88.3 Å². The Bertz CT molecular complexity index is 3420. The van der Waals surface area contributed by atoms with Gasteiger partial charge in [0, 0.05) is 17.7 Å². The van der Waals surface area contributed by atoms with Crippen LogP contribution < -0.4 is 53.0 Å². The average molecular weight is 2020 g/mol. The highest BCUT2D eigenvalue weighted by Crippen LogP contribution is 2.50. The lowest BCUT2D eigenvalue weighted by molar-refractivity contribution is 0.234. The number of ether oxygens (including phenoxy) is 9. The Morgan fingerprint density at radius 2 is 0.338 bits per heavy atom. The molecule has 0 spiro atoms. The molecule has 5 rings (SSSR count). The van der Waals surface area contributed by atoms with Gasteiger partial charge >= 0.3 is 0 Å². The Kier molecular flexibility index (Phi) is 86.5. The second kappa shape index (κ2) is 96.6. The van der Waals surface area contributed by atoms with Crippen LogP contribution in [0.4, 0.5) is 17.1 Å². The molecule has 1 heterocycles. The van der Waals surface area contributed by atoms with Crippen molar-refractivity contribution in [1.29, 1.82) is 0 Å². The topological polar surface area (TPSA) is 111 Å². The van der Waals surface area contributed by atoms with Crippen molar-refractivity contribution < 1.29 is 42.6 Å². The maximum absolute atomic E-state index is 7.29. The number of rotatable bonds is 111. The van der Waals surface area contributed by atoms with Crippen LogP contribution in [0.2, 0.25) is 0 Å². The molecule has 836 valence electrons. The number of nitrogens with one attached hydrogen (secondary N) is 1. The van der Waals surface area contributed by atoms with Gasteiger partial charge in [-0.2, -0.15) is 0 Å². The average Bonchev–Trinajstić information content (AvgIpc) is 0.706. The van der Waals surface area contributed by atoms with Gasteiger partial charge in [-0.25, -0.2) is 5.01 Å². The highest BCUT2D eigenvalue weighted by Gasteiger charge is 2.30. The summed E-state index contributed by atoms with van der Waals surface area (Å²) in [6, 6.07) is 20.3. The maximum Gasteiger partial charge on any atom is 0.203 e. The van der Waals surface area contributed by atoms with Crippen molar-refractivity contribution in [3.8, 4) is 62.9 Å². The van der Waals surface area contributed by atoms with Crippen molar-refractivity contribution >= 4 is 22.9 Å². The molecular weight excluding hydrogens is 1780 g/mol. The molecule has 0 bridgehead atoms. The van der Waals surface area contributed by atoms with Crippen molar-refractivity contribution in [2.24, 2.45) is 5.10 Å². The fraction of sp³-hybridized carbons (Fsp3) is 0.812. The second-order valence-corrected chi connectivity index (χ2v) is 44.3. The van der Waals surface area contributed by atoms with Gasteiger partial charge < -0.3 is 47.9 Å². The number of hydrazone groups is 1. The molecule has 0 aromatic heterocycles. The van der Waals surface area contributed by atoms with Crippen LogP contribution in [0.15, 0.2) is 59.7 Å². The van der Waals surface area contributed by atoms with Gasteiger partial charge in [-0.15, -0.1) is 5.10 Å². The van der Waals surface area contributed by atoms with Crippen LogP contribution in [-0.4, -0.2) is 65.3 Å². The Morgan fingerprint density at radius 1 is 0.172 bits per heavy atom. The molecule has 0 unspecified atom stereocenters. The number of anilines is 3. The van der Waals surface area contributed by atoms with Crippen molar-refractivity contribution in [1.82, 2.24) is 0 Å². The lowest BCUT2D eigenvalue weighted by Crippen LogP contribution is -2.26. The molecule has 0 radical (unpaired) electrons. The van der Waals surface area contributed by atoms with Gasteiger partial charge in [-0.05, 0) is 105 Å². The van der Waals surface area contributed by atoms with Crippen LogP contribution in [0.25, 0.3) is 11.1 Å². The van der Waals surface area contributed by atoms with Crippen molar-refractivity contribution in [2.75, 3.05) is 69.8 Å². The number of unbranched alkanes of at least 4 members (excludes halogenated alkanes) is 81. The summed E-state index contributed by atoms with van der Waals surface area (Å²) >= 11 is 0. The third kappa shape index (κ3) is 66.7. The molecule has 0 fully saturated rings. The fourth-order valence-corrected chi connectivity index (χ4v) is 20.8. The quantitative estimate of drug-likeness (QED) is 0.0427. The summed E-state index contributed by atoms with van der Waals surface area (Å²) in [6.45, 7) is 26.2. The van der Waals surface area contributed by atoms with Gasteiger partial charge in [0.1, 0.15) is 0 Å². The van der Waals surface area contributed by atoms with E-state index < -0.39 is 0 Å². The Balaban J connectivity index is 1.80. The zero-order valence-electron chi connectivity index (χ0n) is 97.3. The Labute approximate surface area is 898 Å². The van der Waals surface area contributed by atoms with Gasteiger partial charge in [-0.3, -0.25) is 0 Å². The van der Waals surface area contributed by atoms with Crippen molar-refractivity contribution in [2.45, 2.75) is 640 Å². The largest absolute Gasteiger partial charge is 0.490 e. The van der Waals surface area contributed by atoms with Crippen LogP contribution in [0.5, 0.6) is 51.7 Å². The molecular formula is C133H235N3O9. The van der Waals surface area contributed by atoms with E-state index >= 15 is 0 Å². The molecule has 4 aromatic carbocycles. The summed E-state index contributed by atoms with van der Waals surface area (Å²) in [5, 5.41) is 12.2. The second-order valence-electron chi connectivity index (χ2n) is 44.3. The van der Waals surface area contributed by atoms with Gasteiger partial charge in [0.2, 0.25) is 17.2 Å². The summed E-state index contributed by atoms with van der Waals surface area (Å²) in [6.07, 6.45) is 114. The molecule has 0 saturated carbocycles. The molecule has 12 nitrogen and oxygen atoms in total. The SMILES string of the molecule is CCCCCCCCCCCCOc1cc(C2=NN(c3cc(OCCCCCCCCCCCC)c(OCCCCCCCCCCCC)c(OCCCCCCCCCCCC)c3)c3ccc(-c4cc(OCCCCCCCCCCCC)c(OCCCCCCCCCCCC)c(OCCCCCCCCCCCC)c4)cc3N2)cc(OCCCCCCCCCCCC)c1OCCCCCCCCCCCC. The van der Waals surface area contributed by atoms with E-state index in [2.05, 4.69) is 127 Å². The lowest BCUT2D eigenvalue weighted by atomic mass is 10.0. The molecule has 0 amide bonds. The number of fused-ring (bicyclic) bond motifs is 1. The highest BCUT2D eigenvalue weighted by molar-refractivity contribution is 6.13. The van der Waals surface area contributed by atoms with E-state index in [0.717, 1.165) is 178 Å². The van der Waals surface area contributed by atoms with Crippen LogP contribution in [0.3, 0.4) is 0 Å². The smallest absolute Gasteiger partial charge is 0.203 e. The third-order valence-electron chi connectivity index (χ3n) is 30.3. The standard InChI is InChI=1S/C133H235N3O9/c1-10-19-28-37-46-55-64-73-82-91-102-137-124-112-119(113-125(138-103-92-83-74-65-56-47-38-29-20-11-2)130(124)143-108-97-88-79-70-61-52-43-34-25-16-7)118-100-101-123-122(111-118)134-133(120-114-126(139-104-93-84-75-66-57-48-39-30-21-12-3)131(144-109-98-89-80-71-62-53-44-35-26-17-8)127(115-120)140-105-94-85-76-67-58-49-40-31-22-13-4)135-136(123)121-116-128(141-106-95-86-77-68-59-50-41-32-23-14-5)132(145-110-99-90-81-72-63-54-45-36-27-18-9)129(117-121)142-107-96-87-78-69-60-51-42-33-24-15-6/h100-101,111-117H,10-99,102-110H2,1-9H3,(H,134,135). The summed E-state index contributed by atoms with van der Waals surface area (Å²) in [5.74, 6) is 7.25. The van der Waals surface area contributed by atoms with Crippen LogP contribution in [-0.2, 0) is 0 Å². The first-order chi connectivity index (χ1) is 71.9. The molecule has 1 aliphatic rings. The number of amidine groups is 1. The van der Waals surface area contributed by atoms with Gasteiger partial charge in [0.05, 0.1) is 76.5 Å². The lowest BCUT2D eigenvalue weighted by Gasteiger charge is -2.31. The first-order valence-electron chi connectivity index (χ1n) is 64.4. The molecule has 0 aliphatic carbocycles. The Morgan fingerprint density at radius 3 is 0.531 bits per heavy atom. The predicted molar refractivity (Wildman–Crippen MR) is 633 cm³/mol. The third-order valence-corrected chi connectivity index (χ3v) is 30.3. The molecule has 145 heavy (non-hydrogen) atoms. The molecule has 0 saturated heterocycles. The van der Waals surface area contributed by atoms with E-state index in [4.69, 9.17) is 47.7 Å². The number of nitrogens with zero attached hydrogens (tertiary/aromatic N) is 2. The Hall–Kier alpha value is -5.65. The van der Waals surface area contributed by atoms with Gasteiger partial charge in [-0.1, -0.05) is 588 Å². The predicted octanol–water partition coefficient (Wildman–Crippen LogP) is 45.0. The van der Waals surface area contributed by atoms with Gasteiger partial charge in [0.25, 0.3) is 0 Å². The van der Waals surface area contributed by atoms with E-state index in [-0.39, 0.29) is 0 Å². The normalized spacial score (nSPS) is 12.0. The zero-order valence-corrected chi connectivity index (χ0v) is 97.3. The molecule has 1 N–H and O–H groups in total. The maximum atomic E-state index is 7.29. The molecule has 0 atom stereocenters. The van der Waals surface area contributed by atoms with E-state index in [1.807, 2.05) is 0 Å². The van der Waals surface area contributed by atoms with Crippen molar-refractivity contribution in [3.63, 3.8) is 0 Å². The minimum Gasteiger partial charge on any atom is -0.490 e. The van der Waals surface area contributed by atoms with E-state index in [1.165, 1.54) is 462 Å². The first kappa shape index (κ1) is 130. The van der Waals surface area contributed by atoms with Crippen molar-refractivity contribution in [3.05, 3.63) is 60.2 Å². The highest BCUT2D eigenvalue weighted by atomic mass is 16.6.